The molecule has 0 atom stereocenters. The monoisotopic (exact) mass is 450 g/mol. The zero-order valence-electron chi connectivity index (χ0n) is 15.0. The number of rotatable bonds is 7. The quantitative estimate of drug-likeness (QED) is 0.376. The molecule has 2 N–H and O–H groups in total. The van der Waals surface area contributed by atoms with E-state index >= 15 is 0 Å². The van der Waals surface area contributed by atoms with Gasteiger partial charge >= 0.3 is 0 Å². The van der Waals surface area contributed by atoms with Gasteiger partial charge in [-0.3, -0.25) is 4.99 Å². The highest BCUT2D eigenvalue weighted by molar-refractivity contribution is 14.0. The standard InChI is InChI=1S/C16H30N6O.HI/c1-13(2)15-20-14(23-21-15)7-8-18-16(17-3)19-9-12-22-10-5-4-6-11-22;/h13H,4-12H2,1-3H3,(H2,17,18,19);1H. The molecule has 2 heterocycles. The molecular formula is C16H31IN6O. The summed E-state index contributed by atoms with van der Waals surface area (Å²) >= 11 is 0. The molecule has 1 aliphatic rings. The van der Waals surface area contributed by atoms with E-state index in [0.29, 0.717) is 18.2 Å². The Balaban J connectivity index is 0.00000288. The summed E-state index contributed by atoms with van der Waals surface area (Å²) in [7, 11) is 1.79. The van der Waals surface area contributed by atoms with Crippen molar-refractivity contribution in [3.63, 3.8) is 0 Å². The van der Waals surface area contributed by atoms with Crippen LogP contribution in [0.15, 0.2) is 9.52 Å². The van der Waals surface area contributed by atoms with Crippen LogP contribution in [0.4, 0.5) is 0 Å². The third kappa shape index (κ3) is 7.33. The van der Waals surface area contributed by atoms with Crippen LogP contribution in [0.5, 0.6) is 0 Å². The molecule has 1 aliphatic heterocycles. The van der Waals surface area contributed by atoms with E-state index in [4.69, 9.17) is 4.52 Å². The van der Waals surface area contributed by atoms with Gasteiger partial charge in [-0.1, -0.05) is 25.4 Å². The molecule has 0 aromatic carbocycles. The fraction of sp³-hybridized carbons (Fsp3) is 0.812. The second kappa shape index (κ2) is 11.6. The fourth-order valence-corrected chi connectivity index (χ4v) is 2.63. The van der Waals surface area contributed by atoms with Gasteiger partial charge in [0.1, 0.15) is 0 Å². The first-order valence-corrected chi connectivity index (χ1v) is 8.68. The van der Waals surface area contributed by atoms with E-state index in [0.717, 1.165) is 31.4 Å². The van der Waals surface area contributed by atoms with Crippen LogP contribution in [-0.2, 0) is 6.42 Å². The van der Waals surface area contributed by atoms with Gasteiger partial charge in [-0.05, 0) is 25.9 Å². The lowest BCUT2D eigenvalue weighted by atomic mass is 10.1. The molecule has 1 aromatic rings. The third-order valence-electron chi connectivity index (χ3n) is 4.02. The largest absolute Gasteiger partial charge is 0.356 e. The molecule has 0 amide bonds. The molecule has 0 unspecified atom stereocenters. The van der Waals surface area contributed by atoms with Crippen LogP contribution < -0.4 is 10.6 Å². The SMILES string of the molecule is CN=C(NCCc1nc(C(C)C)no1)NCCN1CCCCC1.I. The molecule has 138 valence electrons. The van der Waals surface area contributed by atoms with Crippen LogP contribution in [-0.4, -0.2) is 60.8 Å². The summed E-state index contributed by atoms with van der Waals surface area (Å²) in [5, 5.41) is 10.6. The van der Waals surface area contributed by atoms with E-state index < -0.39 is 0 Å². The van der Waals surface area contributed by atoms with Gasteiger partial charge in [-0.15, -0.1) is 24.0 Å². The van der Waals surface area contributed by atoms with E-state index in [2.05, 4.69) is 44.5 Å². The summed E-state index contributed by atoms with van der Waals surface area (Å²) in [4.78, 5) is 11.1. The van der Waals surface area contributed by atoms with E-state index in [9.17, 15) is 0 Å². The summed E-state index contributed by atoms with van der Waals surface area (Å²) < 4.78 is 5.23. The molecule has 8 heteroatoms. The minimum Gasteiger partial charge on any atom is -0.356 e. The molecule has 0 radical (unpaired) electrons. The number of piperidine rings is 1. The summed E-state index contributed by atoms with van der Waals surface area (Å²) in [5.41, 5.74) is 0. The smallest absolute Gasteiger partial charge is 0.228 e. The maximum Gasteiger partial charge on any atom is 0.228 e. The number of nitrogens with one attached hydrogen (secondary N) is 2. The Labute approximate surface area is 162 Å². The summed E-state index contributed by atoms with van der Waals surface area (Å²) in [6.45, 7) is 9.27. The minimum atomic E-state index is 0. The molecule has 0 spiro atoms. The van der Waals surface area contributed by atoms with Crippen molar-refractivity contribution in [2.45, 2.75) is 45.4 Å². The second-order valence-corrected chi connectivity index (χ2v) is 6.28. The Hall–Kier alpha value is -0.900. The highest BCUT2D eigenvalue weighted by atomic mass is 127. The lowest BCUT2D eigenvalue weighted by Gasteiger charge is -2.26. The second-order valence-electron chi connectivity index (χ2n) is 6.28. The maximum atomic E-state index is 5.23. The van der Waals surface area contributed by atoms with Crippen LogP contribution in [0.2, 0.25) is 0 Å². The average Bonchev–Trinajstić information content (AvgIpc) is 3.03. The minimum absolute atomic E-state index is 0. The Morgan fingerprint density at radius 2 is 1.92 bits per heavy atom. The molecule has 0 bridgehead atoms. The summed E-state index contributed by atoms with van der Waals surface area (Å²) in [6.07, 6.45) is 4.74. The molecule has 0 aliphatic carbocycles. The highest BCUT2D eigenvalue weighted by Gasteiger charge is 2.10. The van der Waals surface area contributed by atoms with Crippen molar-refractivity contribution in [2.24, 2.45) is 4.99 Å². The average molecular weight is 450 g/mol. The van der Waals surface area contributed by atoms with Crippen molar-refractivity contribution in [2.75, 3.05) is 39.8 Å². The third-order valence-corrected chi connectivity index (χ3v) is 4.02. The summed E-state index contributed by atoms with van der Waals surface area (Å²) in [6, 6.07) is 0. The van der Waals surface area contributed by atoms with Crippen LogP contribution in [0.25, 0.3) is 0 Å². The van der Waals surface area contributed by atoms with Crippen molar-refractivity contribution in [1.29, 1.82) is 0 Å². The fourth-order valence-electron chi connectivity index (χ4n) is 2.63. The van der Waals surface area contributed by atoms with Crippen molar-refractivity contribution < 1.29 is 4.52 Å². The van der Waals surface area contributed by atoms with Crippen LogP contribution in [0, 0.1) is 0 Å². The van der Waals surface area contributed by atoms with Gasteiger partial charge < -0.3 is 20.1 Å². The first-order chi connectivity index (χ1) is 11.2. The number of nitrogens with zero attached hydrogens (tertiary/aromatic N) is 4. The zero-order valence-corrected chi connectivity index (χ0v) is 17.4. The van der Waals surface area contributed by atoms with Gasteiger partial charge in [0.2, 0.25) is 5.89 Å². The van der Waals surface area contributed by atoms with Crippen LogP contribution >= 0.6 is 24.0 Å². The number of hydrogen-bond donors (Lipinski definition) is 2. The van der Waals surface area contributed by atoms with E-state index in [1.807, 2.05) is 0 Å². The zero-order chi connectivity index (χ0) is 16.5. The van der Waals surface area contributed by atoms with Gasteiger partial charge in [-0.25, -0.2) is 0 Å². The van der Waals surface area contributed by atoms with Crippen molar-refractivity contribution in [1.82, 2.24) is 25.7 Å². The first-order valence-electron chi connectivity index (χ1n) is 8.68. The van der Waals surface area contributed by atoms with Gasteiger partial charge in [0.05, 0.1) is 0 Å². The molecule has 24 heavy (non-hydrogen) atoms. The highest BCUT2D eigenvalue weighted by Crippen LogP contribution is 2.09. The normalized spacial score (nSPS) is 16.1. The number of aliphatic imine (C=N–C) groups is 1. The van der Waals surface area contributed by atoms with E-state index in [1.165, 1.54) is 32.4 Å². The van der Waals surface area contributed by atoms with E-state index in [1.54, 1.807) is 7.05 Å². The lowest BCUT2D eigenvalue weighted by molar-refractivity contribution is 0.232. The van der Waals surface area contributed by atoms with Crippen molar-refractivity contribution >= 4 is 29.9 Å². The number of hydrogen-bond acceptors (Lipinski definition) is 5. The molecule has 1 saturated heterocycles. The Kier molecular flexibility index (Phi) is 10.2. The predicted octanol–water partition coefficient (Wildman–Crippen LogP) is 2.00. The molecule has 2 rings (SSSR count). The predicted molar refractivity (Wildman–Crippen MR) is 107 cm³/mol. The molecule has 7 nitrogen and oxygen atoms in total. The van der Waals surface area contributed by atoms with E-state index in [-0.39, 0.29) is 24.0 Å². The number of aromatic nitrogens is 2. The summed E-state index contributed by atoms with van der Waals surface area (Å²) in [5.74, 6) is 2.56. The number of likely N-dealkylation sites (tertiary alicyclic amines) is 1. The van der Waals surface area contributed by atoms with Gasteiger partial charge in [0.25, 0.3) is 0 Å². The number of guanidine groups is 1. The van der Waals surface area contributed by atoms with Gasteiger partial charge in [0.15, 0.2) is 11.8 Å². The Morgan fingerprint density at radius 1 is 1.21 bits per heavy atom. The molecule has 0 saturated carbocycles. The molecular weight excluding hydrogens is 419 g/mol. The van der Waals surface area contributed by atoms with Crippen molar-refractivity contribution in [3.8, 4) is 0 Å². The van der Waals surface area contributed by atoms with Gasteiger partial charge in [0, 0.05) is 39.0 Å². The van der Waals surface area contributed by atoms with Crippen molar-refractivity contribution in [3.05, 3.63) is 11.7 Å². The Bertz CT molecular complexity index is 485. The maximum absolute atomic E-state index is 5.23. The number of halogens is 1. The van der Waals surface area contributed by atoms with Gasteiger partial charge in [-0.2, -0.15) is 4.98 Å². The van der Waals surface area contributed by atoms with Crippen LogP contribution in [0.1, 0.15) is 50.7 Å². The lowest BCUT2D eigenvalue weighted by Crippen LogP contribution is -2.43. The topological polar surface area (TPSA) is 78.6 Å². The molecule has 1 fully saturated rings. The Morgan fingerprint density at radius 3 is 2.54 bits per heavy atom. The van der Waals surface area contributed by atoms with Crippen LogP contribution in [0.3, 0.4) is 0 Å². The first kappa shape index (κ1) is 21.1. The molecule has 1 aromatic heterocycles.